The number of para-hydroxylation sites is 1. The summed E-state index contributed by atoms with van der Waals surface area (Å²) in [4.78, 5) is 0.0729. The van der Waals surface area contributed by atoms with Crippen molar-refractivity contribution >= 4 is 15.7 Å². The highest BCUT2D eigenvalue weighted by molar-refractivity contribution is 7.92. The first-order valence-electron chi connectivity index (χ1n) is 7.64. The third-order valence-electron chi connectivity index (χ3n) is 3.82. The zero-order chi connectivity index (χ0) is 17.9. The van der Waals surface area contributed by atoms with E-state index >= 15 is 0 Å². The van der Waals surface area contributed by atoms with Gasteiger partial charge in [0.15, 0.2) is 0 Å². The van der Waals surface area contributed by atoms with E-state index in [0.717, 1.165) is 11.1 Å². The molecule has 24 heavy (non-hydrogen) atoms. The van der Waals surface area contributed by atoms with Gasteiger partial charge in [0.05, 0.1) is 19.9 Å². The van der Waals surface area contributed by atoms with E-state index in [0.29, 0.717) is 11.4 Å². The average Bonchev–Trinajstić information content (AvgIpc) is 2.55. The van der Waals surface area contributed by atoms with Gasteiger partial charge in [0.2, 0.25) is 0 Å². The number of aryl methyl sites for hydroxylation is 1. The summed E-state index contributed by atoms with van der Waals surface area (Å²) in [5.74, 6) is 0.964. The van der Waals surface area contributed by atoms with Gasteiger partial charge in [0.1, 0.15) is 16.4 Å². The van der Waals surface area contributed by atoms with Crippen LogP contribution in [0, 0.1) is 6.92 Å². The van der Waals surface area contributed by atoms with Crippen molar-refractivity contribution in [3.05, 3.63) is 47.5 Å². The Morgan fingerprint density at radius 2 is 1.75 bits per heavy atom. The molecule has 0 aliphatic carbocycles. The molecule has 0 amide bonds. The number of hydrogen-bond acceptors (Lipinski definition) is 4. The fourth-order valence-electron chi connectivity index (χ4n) is 2.50. The van der Waals surface area contributed by atoms with Gasteiger partial charge in [0, 0.05) is 6.07 Å². The average molecular weight is 349 g/mol. The Balaban J connectivity index is 2.51. The van der Waals surface area contributed by atoms with Gasteiger partial charge >= 0.3 is 0 Å². The van der Waals surface area contributed by atoms with Crippen LogP contribution in [0.2, 0.25) is 0 Å². The lowest BCUT2D eigenvalue weighted by Crippen LogP contribution is -2.16. The van der Waals surface area contributed by atoms with Crippen molar-refractivity contribution in [2.24, 2.45) is 0 Å². The van der Waals surface area contributed by atoms with Crippen LogP contribution in [0.3, 0.4) is 0 Å². The predicted octanol–water partition coefficient (Wildman–Crippen LogP) is 3.94. The Kier molecular flexibility index (Phi) is 5.39. The fraction of sp³-hybridized carbons (Fsp3) is 0.333. The lowest BCUT2D eigenvalue weighted by molar-refractivity contribution is 0.386. The number of methoxy groups -OCH3 is 2. The summed E-state index contributed by atoms with van der Waals surface area (Å²) in [6.45, 7) is 5.94. The van der Waals surface area contributed by atoms with Gasteiger partial charge in [-0.3, -0.25) is 4.72 Å². The first-order chi connectivity index (χ1) is 11.3. The maximum atomic E-state index is 12.9. The van der Waals surface area contributed by atoms with Gasteiger partial charge in [-0.15, -0.1) is 0 Å². The van der Waals surface area contributed by atoms with Crippen LogP contribution < -0.4 is 14.2 Å². The minimum absolute atomic E-state index is 0.0729. The summed E-state index contributed by atoms with van der Waals surface area (Å²) in [5, 5.41) is 0. The molecule has 2 aromatic rings. The molecule has 1 N–H and O–H groups in total. The van der Waals surface area contributed by atoms with Gasteiger partial charge in [-0.05, 0) is 36.1 Å². The van der Waals surface area contributed by atoms with E-state index in [4.69, 9.17) is 9.47 Å². The van der Waals surface area contributed by atoms with Gasteiger partial charge in [-0.1, -0.05) is 32.0 Å². The third-order valence-corrected chi connectivity index (χ3v) is 5.21. The van der Waals surface area contributed by atoms with Crippen LogP contribution in [0.25, 0.3) is 0 Å². The number of nitrogens with one attached hydrogen (secondary N) is 1. The second kappa shape index (κ2) is 7.13. The first-order valence-corrected chi connectivity index (χ1v) is 9.12. The van der Waals surface area contributed by atoms with Crippen LogP contribution in [0.15, 0.2) is 41.3 Å². The van der Waals surface area contributed by atoms with E-state index in [1.807, 2.05) is 39.0 Å². The second-order valence-corrected chi connectivity index (χ2v) is 7.47. The topological polar surface area (TPSA) is 64.6 Å². The molecule has 0 saturated carbocycles. The molecule has 0 aliphatic rings. The molecule has 5 nitrogen and oxygen atoms in total. The fourth-order valence-corrected chi connectivity index (χ4v) is 3.81. The summed E-state index contributed by atoms with van der Waals surface area (Å²) in [7, 11) is -0.841. The van der Waals surface area contributed by atoms with Crippen molar-refractivity contribution in [3.8, 4) is 11.5 Å². The Morgan fingerprint density at radius 1 is 1.04 bits per heavy atom. The summed E-state index contributed by atoms with van der Waals surface area (Å²) < 4.78 is 38.8. The van der Waals surface area contributed by atoms with E-state index < -0.39 is 10.0 Å². The Hall–Kier alpha value is -2.21. The zero-order valence-electron chi connectivity index (χ0n) is 14.6. The number of benzene rings is 2. The highest BCUT2D eigenvalue weighted by Gasteiger charge is 2.22. The lowest BCUT2D eigenvalue weighted by Gasteiger charge is -2.18. The van der Waals surface area contributed by atoms with Gasteiger partial charge in [-0.25, -0.2) is 8.42 Å². The van der Waals surface area contributed by atoms with Crippen LogP contribution >= 0.6 is 0 Å². The van der Waals surface area contributed by atoms with Crippen molar-refractivity contribution in [2.45, 2.75) is 31.6 Å². The van der Waals surface area contributed by atoms with Gasteiger partial charge in [0.25, 0.3) is 10.0 Å². The standard InChI is InChI=1S/C18H23NO4S/c1-12(2)15-8-6-7-13(3)18(15)19-24(20,21)17-10-9-14(22-4)11-16(17)23-5/h6-12,19H,1-5H3. The minimum atomic E-state index is -3.79. The summed E-state index contributed by atoms with van der Waals surface area (Å²) in [6.07, 6.45) is 0. The predicted molar refractivity (Wildman–Crippen MR) is 95.6 cm³/mol. The molecule has 0 saturated heterocycles. The maximum absolute atomic E-state index is 12.9. The van der Waals surface area contributed by atoms with Gasteiger partial charge < -0.3 is 9.47 Å². The minimum Gasteiger partial charge on any atom is -0.497 e. The summed E-state index contributed by atoms with van der Waals surface area (Å²) in [5.41, 5.74) is 2.44. The molecule has 0 unspecified atom stereocenters. The van der Waals surface area contributed by atoms with Crippen molar-refractivity contribution in [1.29, 1.82) is 0 Å². The highest BCUT2D eigenvalue weighted by atomic mass is 32.2. The van der Waals surface area contributed by atoms with Crippen molar-refractivity contribution in [1.82, 2.24) is 0 Å². The number of ether oxygens (including phenoxy) is 2. The molecule has 130 valence electrons. The molecule has 0 atom stereocenters. The smallest absolute Gasteiger partial charge is 0.265 e. The first kappa shape index (κ1) is 18.1. The molecule has 0 bridgehead atoms. The summed E-state index contributed by atoms with van der Waals surface area (Å²) >= 11 is 0. The number of anilines is 1. The molecule has 0 aromatic heterocycles. The van der Waals surface area contributed by atoms with E-state index in [2.05, 4.69) is 4.72 Å². The van der Waals surface area contributed by atoms with Crippen LogP contribution in [-0.4, -0.2) is 22.6 Å². The third kappa shape index (κ3) is 3.64. The molecule has 0 radical (unpaired) electrons. The van der Waals surface area contributed by atoms with Crippen molar-refractivity contribution in [3.63, 3.8) is 0 Å². The number of rotatable bonds is 6. The zero-order valence-corrected chi connectivity index (χ0v) is 15.4. The number of sulfonamides is 1. The highest BCUT2D eigenvalue weighted by Crippen LogP contribution is 2.33. The molecule has 0 heterocycles. The van der Waals surface area contributed by atoms with Crippen LogP contribution in [0.5, 0.6) is 11.5 Å². The van der Waals surface area contributed by atoms with E-state index in [1.165, 1.54) is 20.3 Å². The molecular weight excluding hydrogens is 326 g/mol. The van der Waals surface area contributed by atoms with Gasteiger partial charge in [-0.2, -0.15) is 0 Å². The lowest BCUT2D eigenvalue weighted by atomic mass is 9.99. The van der Waals surface area contributed by atoms with Crippen LogP contribution in [0.4, 0.5) is 5.69 Å². The molecule has 2 aromatic carbocycles. The summed E-state index contributed by atoms with van der Waals surface area (Å²) in [6, 6.07) is 10.4. The molecule has 6 heteroatoms. The Bertz CT molecular complexity index is 829. The monoisotopic (exact) mass is 349 g/mol. The van der Waals surface area contributed by atoms with E-state index in [1.54, 1.807) is 12.1 Å². The van der Waals surface area contributed by atoms with Crippen molar-refractivity contribution in [2.75, 3.05) is 18.9 Å². The Labute approximate surface area is 143 Å². The normalized spacial score (nSPS) is 11.4. The molecule has 2 rings (SSSR count). The van der Waals surface area contributed by atoms with E-state index in [-0.39, 0.29) is 16.6 Å². The maximum Gasteiger partial charge on any atom is 0.265 e. The van der Waals surface area contributed by atoms with Crippen LogP contribution in [0.1, 0.15) is 30.9 Å². The quantitative estimate of drug-likeness (QED) is 0.858. The number of hydrogen-bond donors (Lipinski definition) is 1. The van der Waals surface area contributed by atoms with E-state index in [9.17, 15) is 8.42 Å². The SMILES string of the molecule is COc1ccc(S(=O)(=O)Nc2c(C)cccc2C(C)C)c(OC)c1. The second-order valence-electron chi connectivity index (χ2n) is 5.82. The molecule has 0 fully saturated rings. The Morgan fingerprint density at radius 3 is 2.33 bits per heavy atom. The van der Waals surface area contributed by atoms with Crippen molar-refractivity contribution < 1.29 is 17.9 Å². The molecule has 0 spiro atoms. The molecular formula is C18H23NO4S. The largest absolute Gasteiger partial charge is 0.497 e. The van der Waals surface area contributed by atoms with Crippen LogP contribution in [-0.2, 0) is 10.0 Å². The molecule has 0 aliphatic heterocycles.